The summed E-state index contributed by atoms with van der Waals surface area (Å²) in [5.41, 5.74) is 5.56. The number of anilines is 1. The van der Waals surface area contributed by atoms with Crippen molar-refractivity contribution in [3.05, 3.63) is 5.01 Å². The molecular formula is C14H25N5OS. The van der Waals surface area contributed by atoms with Gasteiger partial charge < -0.3 is 16.0 Å². The summed E-state index contributed by atoms with van der Waals surface area (Å²) in [5.74, 6) is 0.606. The van der Waals surface area contributed by atoms with Gasteiger partial charge in [0.2, 0.25) is 11.0 Å². The standard InChI is InChI=1S/C14H25N5OS/c1-3-6-19-7-4-11(5-8-19)9-12(20)16-10(2)13-17-18-14(15)21-13/h10-11H,3-9H2,1-2H3,(H2,15,18)(H,16,20). The number of likely N-dealkylation sites (tertiary alicyclic amines) is 1. The summed E-state index contributed by atoms with van der Waals surface area (Å²) in [4.78, 5) is 14.6. The Balaban J connectivity index is 1.72. The Hall–Kier alpha value is -1.21. The van der Waals surface area contributed by atoms with Crippen LogP contribution in [-0.2, 0) is 4.79 Å². The predicted molar refractivity (Wildman–Crippen MR) is 85.0 cm³/mol. The van der Waals surface area contributed by atoms with Crippen molar-refractivity contribution in [3.63, 3.8) is 0 Å². The Morgan fingerprint density at radius 3 is 2.76 bits per heavy atom. The minimum absolute atomic E-state index is 0.102. The molecule has 1 amide bonds. The van der Waals surface area contributed by atoms with E-state index in [2.05, 4.69) is 27.3 Å². The topological polar surface area (TPSA) is 84.1 Å². The van der Waals surface area contributed by atoms with Crippen LogP contribution < -0.4 is 11.1 Å². The number of carbonyl (C=O) groups is 1. The molecule has 1 aromatic heterocycles. The lowest BCUT2D eigenvalue weighted by Gasteiger charge is -2.31. The van der Waals surface area contributed by atoms with Gasteiger partial charge in [0, 0.05) is 6.42 Å². The normalized spacial score (nSPS) is 18.6. The van der Waals surface area contributed by atoms with Crippen LogP contribution in [-0.4, -0.2) is 40.6 Å². The fourth-order valence-corrected chi connectivity index (χ4v) is 3.39. The zero-order valence-electron chi connectivity index (χ0n) is 12.8. The number of nitrogen functional groups attached to an aromatic ring is 1. The van der Waals surface area contributed by atoms with E-state index in [-0.39, 0.29) is 11.9 Å². The minimum atomic E-state index is -0.118. The molecule has 0 bridgehead atoms. The van der Waals surface area contributed by atoms with E-state index in [1.165, 1.54) is 24.3 Å². The van der Waals surface area contributed by atoms with Crippen molar-refractivity contribution in [2.45, 2.75) is 45.6 Å². The highest BCUT2D eigenvalue weighted by Gasteiger charge is 2.22. The molecule has 118 valence electrons. The molecule has 1 aliphatic rings. The monoisotopic (exact) mass is 311 g/mol. The van der Waals surface area contributed by atoms with Gasteiger partial charge >= 0.3 is 0 Å². The highest BCUT2D eigenvalue weighted by atomic mass is 32.1. The van der Waals surface area contributed by atoms with Crippen LogP contribution in [0.15, 0.2) is 0 Å². The van der Waals surface area contributed by atoms with Gasteiger partial charge in [0.05, 0.1) is 6.04 Å². The van der Waals surface area contributed by atoms with Gasteiger partial charge in [-0.25, -0.2) is 0 Å². The van der Waals surface area contributed by atoms with Gasteiger partial charge in [-0.3, -0.25) is 4.79 Å². The average molecular weight is 311 g/mol. The molecule has 1 fully saturated rings. The van der Waals surface area contributed by atoms with Crippen molar-refractivity contribution < 1.29 is 4.79 Å². The van der Waals surface area contributed by atoms with Crippen LogP contribution in [0.4, 0.5) is 5.13 Å². The third kappa shape index (κ3) is 4.93. The van der Waals surface area contributed by atoms with Gasteiger partial charge in [-0.2, -0.15) is 0 Å². The molecule has 1 aliphatic heterocycles. The minimum Gasteiger partial charge on any atom is -0.374 e. The molecule has 7 heteroatoms. The summed E-state index contributed by atoms with van der Waals surface area (Å²) < 4.78 is 0. The first-order valence-electron chi connectivity index (χ1n) is 7.69. The molecule has 1 aromatic rings. The Bertz CT molecular complexity index is 456. The molecule has 0 spiro atoms. The molecule has 0 aromatic carbocycles. The lowest BCUT2D eigenvalue weighted by atomic mass is 9.93. The largest absolute Gasteiger partial charge is 0.374 e. The van der Waals surface area contributed by atoms with Gasteiger partial charge in [-0.1, -0.05) is 18.3 Å². The van der Waals surface area contributed by atoms with E-state index in [9.17, 15) is 4.79 Å². The van der Waals surface area contributed by atoms with Crippen LogP contribution in [0.1, 0.15) is 50.6 Å². The lowest BCUT2D eigenvalue weighted by molar-refractivity contribution is -0.123. The number of carbonyl (C=O) groups excluding carboxylic acids is 1. The van der Waals surface area contributed by atoms with E-state index < -0.39 is 0 Å². The molecule has 21 heavy (non-hydrogen) atoms. The number of piperidine rings is 1. The lowest BCUT2D eigenvalue weighted by Crippen LogP contribution is -2.36. The SMILES string of the molecule is CCCN1CCC(CC(=O)NC(C)c2nnc(N)s2)CC1. The van der Waals surface area contributed by atoms with Crippen LogP contribution in [0.3, 0.4) is 0 Å². The van der Waals surface area contributed by atoms with E-state index in [4.69, 9.17) is 5.73 Å². The van der Waals surface area contributed by atoms with Crippen LogP contribution in [0.2, 0.25) is 0 Å². The zero-order valence-corrected chi connectivity index (χ0v) is 13.7. The van der Waals surface area contributed by atoms with Gasteiger partial charge in [0.1, 0.15) is 5.01 Å². The van der Waals surface area contributed by atoms with E-state index in [1.807, 2.05) is 6.92 Å². The maximum absolute atomic E-state index is 12.1. The second-order valence-corrected chi connectivity index (χ2v) is 6.80. The molecule has 2 heterocycles. The molecule has 1 unspecified atom stereocenters. The summed E-state index contributed by atoms with van der Waals surface area (Å²) in [6.45, 7) is 7.54. The maximum Gasteiger partial charge on any atom is 0.220 e. The summed E-state index contributed by atoms with van der Waals surface area (Å²) in [5, 5.41) is 11.9. The first kappa shape index (κ1) is 16.2. The molecule has 1 atom stereocenters. The van der Waals surface area contributed by atoms with Crippen LogP contribution in [0, 0.1) is 5.92 Å². The molecule has 2 rings (SSSR count). The van der Waals surface area contributed by atoms with Crippen LogP contribution >= 0.6 is 11.3 Å². The van der Waals surface area contributed by atoms with Gasteiger partial charge in [0.15, 0.2) is 0 Å². The fraction of sp³-hybridized carbons (Fsp3) is 0.786. The van der Waals surface area contributed by atoms with E-state index in [0.717, 1.165) is 30.9 Å². The maximum atomic E-state index is 12.1. The number of aromatic nitrogens is 2. The summed E-state index contributed by atoms with van der Waals surface area (Å²) in [7, 11) is 0. The Labute approximate surface area is 130 Å². The third-order valence-electron chi connectivity index (χ3n) is 3.93. The Morgan fingerprint density at radius 2 is 2.19 bits per heavy atom. The smallest absolute Gasteiger partial charge is 0.220 e. The number of rotatable bonds is 6. The number of nitrogens with zero attached hydrogens (tertiary/aromatic N) is 3. The van der Waals surface area contributed by atoms with Crippen molar-refractivity contribution in [2.24, 2.45) is 5.92 Å². The second kappa shape index (κ2) is 7.70. The first-order chi connectivity index (χ1) is 10.1. The molecule has 0 radical (unpaired) electrons. The van der Waals surface area contributed by atoms with Crippen molar-refractivity contribution in [1.82, 2.24) is 20.4 Å². The molecular weight excluding hydrogens is 286 g/mol. The number of amides is 1. The number of nitrogens with two attached hydrogens (primary N) is 1. The van der Waals surface area contributed by atoms with Gasteiger partial charge in [-0.15, -0.1) is 10.2 Å². The van der Waals surface area contributed by atoms with E-state index in [1.54, 1.807) is 0 Å². The van der Waals surface area contributed by atoms with E-state index >= 15 is 0 Å². The number of hydrogen-bond acceptors (Lipinski definition) is 6. The van der Waals surface area contributed by atoms with Gasteiger partial charge in [-0.05, 0) is 51.7 Å². The second-order valence-electron chi connectivity index (χ2n) is 5.76. The number of hydrogen-bond donors (Lipinski definition) is 2. The van der Waals surface area contributed by atoms with Gasteiger partial charge in [0.25, 0.3) is 0 Å². The van der Waals surface area contributed by atoms with Crippen molar-refractivity contribution in [3.8, 4) is 0 Å². The Morgan fingerprint density at radius 1 is 1.48 bits per heavy atom. The fourth-order valence-electron chi connectivity index (χ4n) is 2.78. The molecule has 0 aliphatic carbocycles. The molecule has 6 nitrogen and oxygen atoms in total. The van der Waals surface area contributed by atoms with Crippen LogP contribution in [0.5, 0.6) is 0 Å². The highest BCUT2D eigenvalue weighted by Crippen LogP contribution is 2.22. The molecule has 1 saturated heterocycles. The summed E-state index contributed by atoms with van der Waals surface area (Å²) in [6, 6.07) is -0.118. The molecule has 3 N–H and O–H groups in total. The van der Waals surface area contributed by atoms with Crippen LogP contribution in [0.25, 0.3) is 0 Å². The highest BCUT2D eigenvalue weighted by molar-refractivity contribution is 7.15. The number of nitrogens with one attached hydrogen (secondary N) is 1. The predicted octanol–water partition coefficient (Wildman–Crippen LogP) is 1.81. The quantitative estimate of drug-likeness (QED) is 0.837. The molecule has 0 saturated carbocycles. The van der Waals surface area contributed by atoms with E-state index in [0.29, 0.717) is 17.5 Å². The average Bonchev–Trinajstić information content (AvgIpc) is 2.88. The summed E-state index contributed by atoms with van der Waals surface area (Å²) >= 11 is 1.32. The van der Waals surface area contributed by atoms with Crippen molar-refractivity contribution in [2.75, 3.05) is 25.4 Å². The van der Waals surface area contributed by atoms with Crippen molar-refractivity contribution >= 4 is 22.4 Å². The Kier molecular flexibility index (Phi) is 5.93. The first-order valence-corrected chi connectivity index (χ1v) is 8.50. The zero-order chi connectivity index (χ0) is 15.2. The summed E-state index contributed by atoms with van der Waals surface area (Å²) in [6.07, 6.45) is 4.05. The third-order valence-corrected chi connectivity index (χ3v) is 4.86. The van der Waals surface area contributed by atoms with Crippen molar-refractivity contribution in [1.29, 1.82) is 0 Å².